The topological polar surface area (TPSA) is 57.2 Å². The standard InChI is InChI=1S/C17H24ClN5O/c1-3-15-19-17(24)23(20-15)16(4-2)22-10-8-21(9-11-22)14-7-5-6-13(18)12-14/h5-7,12,16H,3-4,8-11H2,1-2H3,(H,19,20,24). The van der Waals surface area contributed by atoms with Gasteiger partial charge in [0.05, 0.1) is 0 Å². The summed E-state index contributed by atoms with van der Waals surface area (Å²) in [6.07, 6.45) is 1.60. The third-order valence-corrected chi connectivity index (χ3v) is 4.81. The number of aromatic nitrogens is 3. The molecule has 0 saturated carbocycles. The third-order valence-electron chi connectivity index (χ3n) is 4.58. The van der Waals surface area contributed by atoms with Crippen molar-refractivity contribution in [1.29, 1.82) is 0 Å². The van der Waals surface area contributed by atoms with Gasteiger partial charge < -0.3 is 4.90 Å². The molecule has 1 N–H and O–H groups in total. The lowest BCUT2D eigenvalue weighted by molar-refractivity contribution is 0.112. The van der Waals surface area contributed by atoms with Crippen LogP contribution in [-0.2, 0) is 6.42 Å². The van der Waals surface area contributed by atoms with E-state index in [1.807, 2.05) is 25.1 Å². The van der Waals surface area contributed by atoms with E-state index in [1.54, 1.807) is 4.68 Å². The molecular formula is C17H24ClN5O. The minimum Gasteiger partial charge on any atom is -0.369 e. The third kappa shape index (κ3) is 3.49. The lowest BCUT2D eigenvalue weighted by atomic mass is 10.2. The number of H-pyrrole nitrogens is 1. The van der Waals surface area contributed by atoms with E-state index in [0.717, 1.165) is 55.6 Å². The molecule has 2 heterocycles. The van der Waals surface area contributed by atoms with Gasteiger partial charge in [0.15, 0.2) is 0 Å². The van der Waals surface area contributed by atoms with Gasteiger partial charge in [-0.15, -0.1) is 0 Å². The Bertz CT molecular complexity index is 733. The number of nitrogens with zero attached hydrogens (tertiary/aromatic N) is 4. The Morgan fingerprint density at radius 3 is 2.58 bits per heavy atom. The molecule has 6 nitrogen and oxygen atoms in total. The van der Waals surface area contributed by atoms with Crippen LogP contribution in [0.5, 0.6) is 0 Å². The van der Waals surface area contributed by atoms with Crippen LogP contribution in [0, 0.1) is 0 Å². The number of piperazine rings is 1. The highest BCUT2D eigenvalue weighted by Crippen LogP contribution is 2.23. The van der Waals surface area contributed by atoms with Crippen molar-refractivity contribution in [3.05, 3.63) is 45.6 Å². The van der Waals surface area contributed by atoms with Gasteiger partial charge in [0.25, 0.3) is 0 Å². The number of aromatic amines is 1. The Kier molecular flexibility index (Phi) is 5.26. The predicted octanol–water partition coefficient (Wildman–Crippen LogP) is 2.52. The van der Waals surface area contributed by atoms with Gasteiger partial charge in [0, 0.05) is 43.3 Å². The molecule has 1 aromatic carbocycles. The lowest BCUT2D eigenvalue weighted by Crippen LogP contribution is -2.50. The Labute approximate surface area is 147 Å². The first-order valence-electron chi connectivity index (χ1n) is 8.54. The van der Waals surface area contributed by atoms with E-state index >= 15 is 0 Å². The second-order valence-electron chi connectivity index (χ2n) is 6.07. The molecule has 0 bridgehead atoms. The maximum absolute atomic E-state index is 12.2. The summed E-state index contributed by atoms with van der Waals surface area (Å²) in [7, 11) is 0. The van der Waals surface area contributed by atoms with E-state index in [2.05, 4.69) is 32.9 Å². The molecule has 1 atom stereocenters. The van der Waals surface area contributed by atoms with Crippen LogP contribution in [0.4, 0.5) is 5.69 Å². The Hall–Kier alpha value is -1.79. The molecule has 1 aliphatic heterocycles. The predicted molar refractivity (Wildman–Crippen MR) is 96.8 cm³/mol. The van der Waals surface area contributed by atoms with Crippen molar-refractivity contribution in [2.45, 2.75) is 32.9 Å². The quantitative estimate of drug-likeness (QED) is 0.901. The zero-order valence-corrected chi connectivity index (χ0v) is 15.0. The highest BCUT2D eigenvalue weighted by molar-refractivity contribution is 6.30. The minimum absolute atomic E-state index is 0.00978. The van der Waals surface area contributed by atoms with Crippen molar-refractivity contribution >= 4 is 17.3 Å². The summed E-state index contributed by atoms with van der Waals surface area (Å²) in [5.74, 6) is 0.746. The number of rotatable bonds is 5. The molecule has 1 saturated heterocycles. The molecule has 1 aromatic heterocycles. The van der Waals surface area contributed by atoms with Gasteiger partial charge in [-0.25, -0.2) is 4.79 Å². The first-order valence-corrected chi connectivity index (χ1v) is 8.92. The van der Waals surface area contributed by atoms with Gasteiger partial charge in [-0.3, -0.25) is 9.88 Å². The van der Waals surface area contributed by atoms with Crippen molar-refractivity contribution in [2.24, 2.45) is 0 Å². The van der Waals surface area contributed by atoms with Crippen LogP contribution < -0.4 is 10.6 Å². The average Bonchev–Trinajstić information content (AvgIpc) is 2.97. The van der Waals surface area contributed by atoms with E-state index in [4.69, 9.17) is 11.6 Å². The van der Waals surface area contributed by atoms with E-state index in [1.165, 1.54) is 0 Å². The Morgan fingerprint density at radius 2 is 2.00 bits per heavy atom. The molecule has 0 aliphatic carbocycles. The van der Waals surface area contributed by atoms with Crippen molar-refractivity contribution in [3.63, 3.8) is 0 Å². The number of hydrogen-bond acceptors (Lipinski definition) is 4. The fourth-order valence-electron chi connectivity index (χ4n) is 3.28. The number of aryl methyl sites for hydroxylation is 1. The normalized spacial score (nSPS) is 17.2. The van der Waals surface area contributed by atoms with Gasteiger partial charge in [-0.2, -0.15) is 9.78 Å². The fraction of sp³-hybridized carbons (Fsp3) is 0.529. The van der Waals surface area contributed by atoms with E-state index < -0.39 is 0 Å². The van der Waals surface area contributed by atoms with E-state index in [9.17, 15) is 4.79 Å². The summed E-state index contributed by atoms with van der Waals surface area (Å²) < 4.78 is 1.61. The highest BCUT2D eigenvalue weighted by atomic mass is 35.5. The largest absolute Gasteiger partial charge is 0.369 e. The zero-order valence-electron chi connectivity index (χ0n) is 14.2. The van der Waals surface area contributed by atoms with Crippen molar-refractivity contribution in [2.75, 3.05) is 31.1 Å². The van der Waals surface area contributed by atoms with Gasteiger partial charge in [0.1, 0.15) is 12.0 Å². The summed E-state index contributed by atoms with van der Waals surface area (Å²) in [5, 5.41) is 5.20. The molecule has 1 fully saturated rings. The second-order valence-corrected chi connectivity index (χ2v) is 6.50. The number of benzene rings is 1. The van der Waals surface area contributed by atoms with Gasteiger partial charge in [-0.1, -0.05) is 31.5 Å². The average molecular weight is 350 g/mol. The van der Waals surface area contributed by atoms with Crippen LogP contribution >= 0.6 is 11.6 Å². The molecule has 130 valence electrons. The van der Waals surface area contributed by atoms with Crippen LogP contribution in [-0.4, -0.2) is 45.8 Å². The molecule has 2 aromatic rings. The molecule has 1 unspecified atom stereocenters. The first kappa shape index (κ1) is 17.0. The maximum atomic E-state index is 12.2. The number of anilines is 1. The van der Waals surface area contributed by atoms with Crippen LogP contribution in [0.3, 0.4) is 0 Å². The monoisotopic (exact) mass is 349 g/mol. The molecule has 0 amide bonds. The van der Waals surface area contributed by atoms with Crippen LogP contribution in [0.2, 0.25) is 5.02 Å². The molecular weight excluding hydrogens is 326 g/mol. The molecule has 0 radical (unpaired) electrons. The summed E-state index contributed by atoms with van der Waals surface area (Å²) in [6, 6.07) is 7.96. The summed E-state index contributed by atoms with van der Waals surface area (Å²) in [5.41, 5.74) is 1.04. The minimum atomic E-state index is -0.115. The van der Waals surface area contributed by atoms with Crippen molar-refractivity contribution in [3.8, 4) is 0 Å². The molecule has 1 aliphatic rings. The fourth-order valence-corrected chi connectivity index (χ4v) is 3.46. The summed E-state index contributed by atoms with van der Waals surface area (Å²) >= 11 is 6.09. The summed E-state index contributed by atoms with van der Waals surface area (Å²) in [4.78, 5) is 19.7. The van der Waals surface area contributed by atoms with Gasteiger partial charge >= 0.3 is 5.69 Å². The van der Waals surface area contributed by atoms with E-state index in [-0.39, 0.29) is 11.9 Å². The SMILES string of the molecule is CCc1nn(C(CC)N2CCN(c3cccc(Cl)c3)CC2)c(=O)[nH]1. The first-order chi connectivity index (χ1) is 11.6. The zero-order chi connectivity index (χ0) is 17.1. The van der Waals surface area contributed by atoms with Crippen molar-refractivity contribution < 1.29 is 0 Å². The maximum Gasteiger partial charge on any atom is 0.344 e. The molecule has 7 heteroatoms. The van der Waals surface area contributed by atoms with Crippen LogP contribution in [0.15, 0.2) is 29.1 Å². The van der Waals surface area contributed by atoms with Gasteiger partial charge in [0.2, 0.25) is 0 Å². The van der Waals surface area contributed by atoms with E-state index in [0.29, 0.717) is 0 Å². The molecule has 24 heavy (non-hydrogen) atoms. The van der Waals surface area contributed by atoms with Crippen LogP contribution in [0.25, 0.3) is 0 Å². The molecule has 0 spiro atoms. The second kappa shape index (κ2) is 7.40. The smallest absolute Gasteiger partial charge is 0.344 e. The number of halogens is 1. The van der Waals surface area contributed by atoms with Crippen LogP contribution in [0.1, 0.15) is 32.3 Å². The number of nitrogens with one attached hydrogen (secondary N) is 1. The number of hydrogen-bond donors (Lipinski definition) is 1. The highest BCUT2D eigenvalue weighted by Gasteiger charge is 2.26. The Balaban J connectivity index is 1.70. The van der Waals surface area contributed by atoms with Crippen molar-refractivity contribution in [1.82, 2.24) is 19.7 Å². The van der Waals surface area contributed by atoms with Gasteiger partial charge in [-0.05, 0) is 24.6 Å². The lowest BCUT2D eigenvalue weighted by Gasteiger charge is -2.39. The summed E-state index contributed by atoms with van der Waals surface area (Å²) in [6.45, 7) is 7.71. The molecule has 3 rings (SSSR count). The Morgan fingerprint density at radius 1 is 1.25 bits per heavy atom.